The van der Waals surface area contributed by atoms with Gasteiger partial charge in [0.2, 0.25) is 0 Å². The van der Waals surface area contributed by atoms with E-state index >= 15 is 0 Å². The van der Waals surface area contributed by atoms with Crippen LogP contribution in [0.2, 0.25) is 0 Å². The lowest BCUT2D eigenvalue weighted by Crippen LogP contribution is -2.43. The van der Waals surface area contributed by atoms with E-state index in [0.717, 1.165) is 15.9 Å². The van der Waals surface area contributed by atoms with Gasteiger partial charge < -0.3 is 9.47 Å². The fourth-order valence-corrected chi connectivity index (χ4v) is 4.02. The van der Waals surface area contributed by atoms with Crippen LogP contribution in [0.4, 0.5) is 13.2 Å². The van der Waals surface area contributed by atoms with Crippen LogP contribution in [-0.2, 0) is 27.4 Å². The van der Waals surface area contributed by atoms with Crippen molar-refractivity contribution in [2.45, 2.75) is 52.6 Å². The third kappa shape index (κ3) is 6.26. The Morgan fingerprint density at radius 3 is 2.39 bits per heavy atom. The van der Waals surface area contributed by atoms with E-state index in [1.807, 2.05) is 0 Å². The highest BCUT2D eigenvalue weighted by molar-refractivity contribution is 7.20. The van der Waals surface area contributed by atoms with E-state index in [9.17, 15) is 27.6 Å². The van der Waals surface area contributed by atoms with Gasteiger partial charge in [-0.3, -0.25) is 23.7 Å². The van der Waals surface area contributed by atoms with Crippen molar-refractivity contribution in [1.82, 2.24) is 9.13 Å². The molecule has 0 aliphatic carbocycles. The Hall–Kier alpha value is -2.47. The zero-order chi connectivity index (χ0) is 23.6. The molecule has 0 bridgehead atoms. The van der Waals surface area contributed by atoms with Crippen LogP contribution >= 0.6 is 11.3 Å². The SMILES string of the molecule is COCCn1c(=O)n(CC(F)(F)F)c(=O)c2c(C)c(C=NCC(=O)OC(C)(C)C)sc21. The highest BCUT2D eigenvalue weighted by Gasteiger charge is 2.31. The smallest absolute Gasteiger partial charge is 0.406 e. The highest BCUT2D eigenvalue weighted by Crippen LogP contribution is 2.27. The van der Waals surface area contributed by atoms with Gasteiger partial charge in [0, 0.05) is 13.3 Å². The molecule has 0 saturated carbocycles. The first kappa shape index (κ1) is 24.8. The Morgan fingerprint density at radius 1 is 1.19 bits per heavy atom. The number of aromatic nitrogens is 2. The largest absolute Gasteiger partial charge is 0.459 e. The molecule has 31 heavy (non-hydrogen) atoms. The van der Waals surface area contributed by atoms with E-state index in [1.54, 1.807) is 27.7 Å². The minimum atomic E-state index is -4.74. The van der Waals surface area contributed by atoms with Gasteiger partial charge >= 0.3 is 17.8 Å². The van der Waals surface area contributed by atoms with Gasteiger partial charge in [0.1, 0.15) is 23.5 Å². The van der Waals surface area contributed by atoms with Crippen molar-refractivity contribution in [3.8, 4) is 0 Å². The molecule has 0 amide bonds. The van der Waals surface area contributed by atoms with Crippen molar-refractivity contribution < 1.29 is 27.4 Å². The third-order valence-corrected chi connectivity index (χ3v) is 5.29. The zero-order valence-corrected chi connectivity index (χ0v) is 18.6. The number of aliphatic imine (C=N–C) groups is 1. The molecule has 0 aromatic carbocycles. The molecule has 0 aliphatic rings. The Bertz CT molecular complexity index is 1110. The number of methoxy groups -OCH3 is 1. The number of halogens is 3. The molecule has 0 radical (unpaired) electrons. The zero-order valence-electron chi connectivity index (χ0n) is 17.8. The summed E-state index contributed by atoms with van der Waals surface area (Å²) >= 11 is 1.03. The second kappa shape index (κ2) is 9.35. The Labute approximate surface area is 179 Å². The van der Waals surface area contributed by atoms with Crippen LogP contribution in [0.5, 0.6) is 0 Å². The molecule has 0 unspecified atom stereocenters. The van der Waals surface area contributed by atoms with E-state index in [-0.39, 0.29) is 34.5 Å². The van der Waals surface area contributed by atoms with Gasteiger partial charge in [-0.05, 0) is 33.3 Å². The monoisotopic (exact) mass is 463 g/mol. The van der Waals surface area contributed by atoms with E-state index in [0.29, 0.717) is 10.4 Å². The molecule has 2 heterocycles. The van der Waals surface area contributed by atoms with E-state index in [1.165, 1.54) is 13.3 Å². The van der Waals surface area contributed by atoms with Crippen molar-refractivity contribution in [2.24, 2.45) is 4.99 Å². The van der Waals surface area contributed by atoms with Gasteiger partial charge in [-0.1, -0.05) is 0 Å². The average Bonchev–Trinajstić information content (AvgIpc) is 2.93. The molecular weight excluding hydrogens is 439 g/mol. The Balaban J connectivity index is 2.55. The number of hydrogen-bond acceptors (Lipinski definition) is 7. The molecule has 2 aromatic heterocycles. The van der Waals surface area contributed by atoms with Crippen molar-refractivity contribution in [3.63, 3.8) is 0 Å². The minimum Gasteiger partial charge on any atom is -0.459 e. The lowest BCUT2D eigenvalue weighted by Gasteiger charge is -2.18. The lowest BCUT2D eigenvalue weighted by atomic mass is 10.2. The number of rotatable bonds is 7. The number of nitrogens with zero attached hydrogens (tertiary/aromatic N) is 3. The molecule has 2 aromatic rings. The molecule has 0 aliphatic heterocycles. The fraction of sp³-hybridized carbons (Fsp3) is 0.579. The topological polar surface area (TPSA) is 91.9 Å². The number of alkyl halides is 3. The fourth-order valence-electron chi connectivity index (χ4n) is 2.81. The highest BCUT2D eigenvalue weighted by atomic mass is 32.1. The first-order valence-corrected chi connectivity index (χ1v) is 10.1. The maximum absolute atomic E-state index is 13.0. The quantitative estimate of drug-likeness (QED) is 0.465. The van der Waals surface area contributed by atoms with Gasteiger partial charge in [0.15, 0.2) is 0 Å². The number of hydrogen-bond donors (Lipinski definition) is 0. The molecule has 2 rings (SSSR count). The number of esters is 1. The van der Waals surface area contributed by atoms with Gasteiger partial charge in [0.05, 0.1) is 23.4 Å². The van der Waals surface area contributed by atoms with Crippen molar-refractivity contribution in [1.29, 1.82) is 0 Å². The number of fused-ring (bicyclic) bond motifs is 1. The first-order valence-electron chi connectivity index (χ1n) is 9.29. The first-order chi connectivity index (χ1) is 14.2. The summed E-state index contributed by atoms with van der Waals surface area (Å²) in [6, 6.07) is 0. The van der Waals surface area contributed by atoms with Crippen molar-refractivity contribution >= 4 is 33.7 Å². The van der Waals surface area contributed by atoms with Crippen LogP contribution in [0.1, 0.15) is 31.2 Å². The second-order valence-electron chi connectivity index (χ2n) is 7.76. The minimum absolute atomic E-state index is 0.00340. The molecule has 172 valence electrons. The van der Waals surface area contributed by atoms with E-state index < -0.39 is 35.5 Å². The standard InChI is InChI=1S/C19H24F3N3O5S/c1-11-12(8-23-9-13(26)30-18(2,3)4)31-16-14(11)15(27)25(10-19(20,21)22)17(28)24(16)6-7-29-5/h8H,6-7,9-10H2,1-5H3. The third-order valence-electron chi connectivity index (χ3n) is 4.04. The average molecular weight is 463 g/mol. The Morgan fingerprint density at radius 2 is 1.84 bits per heavy atom. The maximum Gasteiger partial charge on any atom is 0.406 e. The van der Waals surface area contributed by atoms with Gasteiger partial charge in [-0.25, -0.2) is 4.79 Å². The van der Waals surface area contributed by atoms with E-state index in [2.05, 4.69) is 4.99 Å². The molecular formula is C19H24F3N3O5S. The van der Waals surface area contributed by atoms with Crippen LogP contribution in [0, 0.1) is 6.92 Å². The van der Waals surface area contributed by atoms with Crippen LogP contribution in [-0.4, -0.2) is 53.4 Å². The van der Waals surface area contributed by atoms with Gasteiger partial charge in [-0.15, -0.1) is 11.3 Å². The summed E-state index contributed by atoms with van der Waals surface area (Å²) in [4.78, 5) is 41.9. The molecule has 0 N–H and O–H groups in total. The molecule has 0 fully saturated rings. The van der Waals surface area contributed by atoms with Gasteiger partial charge in [-0.2, -0.15) is 13.2 Å². The van der Waals surface area contributed by atoms with Crippen LogP contribution in [0.3, 0.4) is 0 Å². The van der Waals surface area contributed by atoms with E-state index in [4.69, 9.17) is 9.47 Å². The normalized spacial score (nSPS) is 12.8. The Kier molecular flexibility index (Phi) is 7.48. The van der Waals surface area contributed by atoms with Crippen molar-refractivity contribution in [3.05, 3.63) is 31.3 Å². The maximum atomic E-state index is 13.0. The molecule has 12 heteroatoms. The van der Waals surface area contributed by atoms with Crippen LogP contribution in [0.15, 0.2) is 14.6 Å². The summed E-state index contributed by atoms with van der Waals surface area (Å²) in [5, 5.41) is 0.00340. The van der Waals surface area contributed by atoms with Crippen LogP contribution in [0.25, 0.3) is 10.2 Å². The molecule has 8 nitrogen and oxygen atoms in total. The van der Waals surface area contributed by atoms with Crippen molar-refractivity contribution in [2.75, 3.05) is 20.3 Å². The summed E-state index contributed by atoms with van der Waals surface area (Å²) in [6.45, 7) is 4.79. The number of carbonyl (C=O) groups is 1. The number of carbonyl (C=O) groups excluding carboxylic acids is 1. The molecule has 0 saturated heterocycles. The summed E-state index contributed by atoms with van der Waals surface area (Å²) in [6.07, 6.45) is -3.39. The summed E-state index contributed by atoms with van der Waals surface area (Å²) in [7, 11) is 1.39. The second-order valence-corrected chi connectivity index (χ2v) is 8.79. The summed E-state index contributed by atoms with van der Waals surface area (Å²) in [5.74, 6) is -0.549. The predicted octanol–water partition coefficient (Wildman–Crippen LogP) is 2.50. The number of ether oxygens (including phenoxy) is 2. The summed E-state index contributed by atoms with van der Waals surface area (Å²) < 4.78 is 50.2. The number of thiophene rings is 1. The predicted molar refractivity (Wildman–Crippen MR) is 111 cm³/mol. The molecule has 0 atom stereocenters. The molecule has 0 spiro atoms. The van der Waals surface area contributed by atoms with Crippen LogP contribution < -0.4 is 11.2 Å². The number of aryl methyl sites for hydroxylation is 1. The van der Waals surface area contributed by atoms with Gasteiger partial charge in [0.25, 0.3) is 5.56 Å². The lowest BCUT2D eigenvalue weighted by molar-refractivity contribution is -0.152. The summed E-state index contributed by atoms with van der Waals surface area (Å²) in [5.41, 5.74) is -2.38.